The first kappa shape index (κ1) is 16.1. The zero-order valence-electron chi connectivity index (χ0n) is 15.1. The normalized spacial score (nSPS) is 34.2. The van der Waals surface area contributed by atoms with Gasteiger partial charge in [0, 0.05) is 24.9 Å². The van der Waals surface area contributed by atoms with E-state index in [9.17, 15) is 4.79 Å². The summed E-state index contributed by atoms with van der Waals surface area (Å²) in [7, 11) is 0. The molecule has 1 saturated heterocycles. The van der Waals surface area contributed by atoms with Gasteiger partial charge in [-0.15, -0.1) is 0 Å². The molecule has 24 heavy (non-hydrogen) atoms. The van der Waals surface area contributed by atoms with Gasteiger partial charge in [0.25, 0.3) is 0 Å². The van der Waals surface area contributed by atoms with Gasteiger partial charge in [-0.1, -0.05) is 30.5 Å². The molecule has 3 atom stereocenters. The van der Waals surface area contributed by atoms with Gasteiger partial charge in [-0.2, -0.15) is 0 Å². The van der Waals surface area contributed by atoms with E-state index in [1.54, 1.807) is 0 Å². The predicted octanol–water partition coefficient (Wildman–Crippen LogP) is 4.23. The van der Waals surface area contributed by atoms with Crippen molar-refractivity contribution in [3.05, 3.63) is 34.4 Å². The number of carbonyl (C=O) groups excluding carboxylic acids is 1. The quantitative estimate of drug-likeness (QED) is 0.762. The summed E-state index contributed by atoms with van der Waals surface area (Å²) in [6, 6.07) is 4.62. The zero-order valence-corrected chi connectivity index (χ0v) is 15.1. The topological polar surface area (TPSA) is 35.5 Å². The van der Waals surface area contributed by atoms with Gasteiger partial charge >= 0.3 is 5.97 Å². The molecule has 1 aliphatic heterocycles. The first-order chi connectivity index (χ1) is 11.5. The van der Waals surface area contributed by atoms with Crippen LogP contribution in [0.3, 0.4) is 0 Å². The predicted molar refractivity (Wildman–Crippen MR) is 93.2 cm³/mol. The lowest BCUT2D eigenvalue weighted by molar-refractivity contribution is -0.153. The molecule has 4 rings (SSSR count). The molecular weight excluding hydrogens is 300 g/mol. The molecule has 1 heterocycles. The maximum atomic E-state index is 11.5. The van der Waals surface area contributed by atoms with Crippen LogP contribution in [0.5, 0.6) is 0 Å². The fourth-order valence-electron chi connectivity index (χ4n) is 6.02. The van der Waals surface area contributed by atoms with Crippen molar-refractivity contribution in [2.75, 3.05) is 13.2 Å². The molecule has 130 valence electrons. The lowest BCUT2D eigenvalue weighted by Crippen LogP contribution is -2.57. The molecule has 0 amide bonds. The monoisotopic (exact) mass is 328 g/mol. The highest BCUT2D eigenvalue weighted by atomic mass is 16.5. The Morgan fingerprint density at radius 3 is 2.83 bits per heavy atom. The number of hydrogen-bond acceptors (Lipinski definition) is 3. The Kier molecular flexibility index (Phi) is 3.76. The molecule has 2 aliphatic carbocycles. The third-order valence-corrected chi connectivity index (χ3v) is 6.80. The summed E-state index contributed by atoms with van der Waals surface area (Å²) in [6.07, 6.45) is 7.14. The summed E-state index contributed by atoms with van der Waals surface area (Å²) in [4.78, 5) is 11.5. The number of hydrogen-bond donors (Lipinski definition) is 0. The second-order valence-corrected chi connectivity index (χ2v) is 8.16. The number of rotatable bonds is 2. The molecule has 0 aromatic heterocycles. The Morgan fingerprint density at radius 2 is 2.04 bits per heavy atom. The number of aryl methyl sites for hydroxylation is 2. The number of benzene rings is 1. The highest BCUT2D eigenvalue weighted by Gasteiger charge is 2.63. The fraction of sp³-hybridized carbons (Fsp3) is 0.667. The maximum absolute atomic E-state index is 11.5. The fourth-order valence-corrected chi connectivity index (χ4v) is 6.02. The van der Waals surface area contributed by atoms with Crippen LogP contribution >= 0.6 is 0 Å². The Hall–Kier alpha value is -1.35. The van der Waals surface area contributed by atoms with Crippen LogP contribution in [0.25, 0.3) is 0 Å². The average molecular weight is 328 g/mol. The van der Waals surface area contributed by atoms with Crippen LogP contribution in [-0.4, -0.2) is 24.8 Å². The van der Waals surface area contributed by atoms with E-state index in [1.807, 2.05) is 0 Å². The smallest absolute Gasteiger partial charge is 0.302 e. The van der Waals surface area contributed by atoms with Gasteiger partial charge in [0.05, 0.1) is 5.60 Å². The molecule has 1 aromatic carbocycles. The van der Waals surface area contributed by atoms with E-state index in [-0.39, 0.29) is 22.9 Å². The molecule has 3 nitrogen and oxygen atoms in total. The van der Waals surface area contributed by atoms with Crippen LogP contribution in [-0.2, 0) is 20.7 Å². The summed E-state index contributed by atoms with van der Waals surface area (Å²) in [6.45, 7) is 7.19. The third-order valence-electron chi connectivity index (χ3n) is 6.80. The summed E-state index contributed by atoms with van der Waals surface area (Å²) in [5, 5.41) is 0. The summed E-state index contributed by atoms with van der Waals surface area (Å²) >= 11 is 0. The first-order valence-corrected chi connectivity index (χ1v) is 9.35. The van der Waals surface area contributed by atoms with Crippen LogP contribution in [0.15, 0.2) is 12.1 Å². The van der Waals surface area contributed by atoms with Crippen molar-refractivity contribution in [3.8, 4) is 0 Å². The zero-order chi connectivity index (χ0) is 16.9. The van der Waals surface area contributed by atoms with Gasteiger partial charge in [0.15, 0.2) is 0 Å². The molecule has 1 aromatic rings. The van der Waals surface area contributed by atoms with Gasteiger partial charge in [-0.3, -0.25) is 4.79 Å². The van der Waals surface area contributed by atoms with Crippen molar-refractivity contribution in [1.29, 1.82) is 0 Å². The second-order valence-electron chi connectivity index (χ2n) is 8.16. The molecule has 3 aliphatic rings. The van der Waals surface area contributed by atoms with Gasteiger partial charge in [0.2, 0.25) is 0 Å². The van der Waals surface area contributed by atoms with Gasteiger partial charge in [-0.25, -0.2) is 0 Å². The Balaban J connectivity index is 1.88. The Bertz CT molecular complexity index is 680. The SMILES string of the molecule is CC(=O)OC[C@@H]1c2c(C)cc(C)cc2C[C@@]23CCCC[C@@]12OCC3. The molecular formula is C21H28O3. The van der Waals surface area contributed by atoms with Gasteiger partial charge < -0.3 is 9.47 Å². The number of carbonyl (C=O) groups is 1. The molecule has 0 radical (unpaired) electrons. The summed E-state index contributed by atoms with van der Waals surface area (Å²) in [5.41, 5.74) is 5.62. The minimum absolute atomic E-state index is 0.131. The van der Waals surface area contributed by atoms with Crippen LogP contribution in [0.1, 0.15) is 67.2 Å². The molecule has 2 fully saturated rings. The van der Waals surface area contributed by atoms with Crippen molar-refractivity contribution in [2.45, 2.75) is 70.8 Å². The van der Waals surface area contributed by atoms with E-state index < -0.39 is 0 Å². The minimum Gasteiger partial charge on any atom is -0.465 e. The number of esters is 1. The highest BCUT2D eigenvalue weighted by Crippen LogP contribution is 2.64. The average Bonchev–Trinajstić information content (AvgIpc) is 2.90. The van der Waals surface area contributed by atoms with Gasteiger partial charge in [0.1, 0.15) is 6.61 Å². The van der Waals surface area contributed by atoms with E-state index in [1.165, 1.54) is 48.4 Å². The van der Waals surface area contributed by atoms with E-state index >= 15 is 0 Å². The lowest BCUT2D eigenvalue weighted by Gasteiger charge is -2.56. The van der Waals surface area contributed by atoms with Crippen LogP contribution in [0.2, 0.25) is 0 Å². The van der Waals surface area contributed by atoms with Crippen molar-refractivity contribution < 1.29 is 14.3 Å². The largest absolute Gasteiger partial charge is 0.465 e. The van der Waals surface area contributed by atoms with Crippen molar-refractivity contribution in [1.82, 2.24) is 0 Å². The summed E-state index contributed by atoms with van der Waals surface area (Å²) < 4.78 is 12.1. The van der Waals surface area contributed by atoms with Crippen molar-refractivity contribution in [2.24, 2.45) is 5.41 Å². The van der Waals surface area contributed by atoms with Crippen LogP contribution in [0.4, 0.5) is 0 Å². The molecule has 1 saturated carbocycles. The van der Waals surface area contributed by atoms with E-state index in [2.05, 4.69) is 26.0 Å². The van der Waals surface area contributed by atoms with E-state index in [0.717, 1.165) is 25.9 Å². The van der Waals surface area contributed by atoms with Crippen LogP contribution in [0, 0.1) is 19.3 Å². The highest BCUT2D eigenvalue weighted by molar-refractivity contribution is 5.66. The maximum Gasteiger partial charge on any atom is 0.302 e. The number of fused-ring (bicyclic) bond motifs is 1. The standard InChI is InChI=1S/C21H28O3/c1-14-10-15(2)19-17(11-14)12-20-6-4-5-7-21(20,24-9-8-20)18(19)13-23-16(3)22/h10-11,18H,4-9,12-13H2,1-3H3/t18-,20+,21-/m1/s1. The molecule has 0 unspecified atom stereocenters. The molecule has 0 spiro atoms. The minimum atomic E-state index is -0.192. The van der Waals surface area contributed by atoms with Crippen molar-refractivity contribution in [3.63, 3.8) is 0 Å². The third kappa shape index (κ3) is 2.17. The van der Waals surface area contributed by atoms with E-state index in [4.69, 9.17) is 9.47 Å². The lowest BCUT2D eigenvalue weighted by atomic mass is 9.51. The second kappa shape index (κ2) is 5.59. The van der Waals surface area contributed by atoms with Crippen LogP contribution < -0.4 is 0 Å². The molecule has 0 bridgehead atoms. The Labute approximate surface area is 144 Å². The van der Waals surface area contributed by atoms with Gasteiger partial charge in [-0.05, 0) is 56.2 Å². The molecule has 3 heteroatoms. The number of ether oxygens (including phenoxy) is 2. The summed E-state index contributed by atoms with van der Waals surface area (Å²) in [5.74, 6) is -0.0174. The first-order valence-electron chi connectivity index (χ1n) is 9.35. The van der Waals surface area contributed by atoms with E-state index in [0.29, 0.717) is 6.61 Å². The van der Waals surface area contributed by atoms with Crippen molar-refractivity contribution >= 4 is 5.97 Å². The molecule has 0 N–H and O–H groups in total. The Morgan fingerprint density at radius 1 is 1.25 bits per heavy atom.